The summed E-state index contributed by atoms with van der Waals surface area (Å²) < 4.78 is 11.0. The summed E-state index contributed by atoms with van der Waals surface area (Å²) in [5.41, 5.74) is 1.68. The van der Waals surface area contributed by atoms with Gasteiger partial charge in [0.05, 0.1) is 24.8 Å². The molecule has 1 aromatic rings. The quantitative estimate of drug-likeness (QED) is 0.799. The largest absolute Gasteiger partial charge is 0.381 e. The van der Waals surface area contributed by atoms with Crippen LogP contribution in [0.1, 0.15) is 24.0 Å². The Kier molecular flexibility index (Phi) is 4.54. The van der Waals surface area contributed by atoms with Gasteiger partial charge in [0.15, 0.2) is 0 Å². The molecule has 0 radical (unpaired) electrons. The molecule has 1 aliphatic rings. The van der Waals surface area contributed by atoms with Gasteiger partial charge >= 0.3 is 0 Å². The van der Waals surface area contributed by atoms with E-state index < -0.39 is 0 Å². The number of nitriles is 1. The molecule has 0 aliphatic carbocycles. The van der Waals surface area contributed by atoms with E-state index in [9.17, 15) is 0 Å². The first-order valence-electron chi connectivity index (χ1n) is 6.03. The van der Waals surface area contributed by atoms with Crippen LogP contribution >= 0.6 is 0 Å². The lowest BCUT2D eigenvalue weighted by atomic mass is 10.0. The highest BCUT2D eigenvalue weighted by Crippen LogP contribution is 2.16. The minimum absolute atomic E-state index is 0.529. The van der Waals surface area contributed by atoms with E-state index >= 15 is 0 Å². The summed E-state index contributed by atoms with van der Waals surface area (Å²) >= 11 is 0. The lowest BCUT2D eigenvalue weighted by molar-refractivity contribution is 0.0157. The topological polar surface area (TPSA) is 42.2 Å². The van der Waals surface area contributed by atoms with Crippen LogP contribution in [0.5, 0.6) is 0 Å². The number of hydrogen-bond donors (Lipinski definition) is 0. The van der Waals surface area contributed by atoms with Crippen LogP contribution < -0.4 is 0 Å². The molecular formula is C14H17NO2. The van der Waals surface area contributed by atoms with E-state index in [0.717, 1.165) is 38.2 Å². The first-order chi connectivity index (χ1) is 8.40. The van der Waals surface area contributed by atoms with Crippen molar-refractivity contribution in [2.45, 2.75) is 19.4 Å². The maximum absolute atomic E-state index is 8.94. The third kappa shape index (κ3) is 3.55. The van der Waals surface area contributed by atoms with Crippen LogP contribution in [0.4, 0.5) is 0 Å². The summed E-state index contributed by atoms with van der Waals surface area (Å²) in [5, 5.41) is 8.94. The fraction of sp³-hybridized carbons (Fsp3) is 0.500. The monoisotopic (exact) mass is 231 g/mol. The summed E-state index contributed by atoms with van der Waals surface area (Å²) in [5.74, 6) is 0.609. The highest BCUT2D eigenvalue weighted by atomic mass is 16.5. The zero-order valence-corrected chi connectivity index (χ0v) is 9.89. The molecule has 3 heteroatoms. The van der Waals surface area contributed by atoms with Crippen molar-refractivity contribution in [3.63, 3.8) is 0 Å². The number of benzene rings is 1. The molecule has 0 unspecified atom stereocenters. The highest BCUT2D eigenvalue weighted by molar-refractivity contribution is 5.36. The molecule has 1 aromatic carbocycles. The normalized spacial score (nSPS) is 16.6. The Labute approximate surface area is 102 Å². The standard InChI is InChI=1S/C14H17NO2/c15-9-13-3-1-2-4-14(13)11-17-10-12-5-7-16-8-6-12/h1-4,12H,5-8,10-11H2. The molecule has 3 nitrogen and oxygen atoms in total. The molecule has 0 atom stereocenters. The molecular weight excluding hydrogens is 214 g/mol. The van der Waals surface area contributed by atoms with Gasteiger partial charge in [-0.1, -0.05) is 18.2 Å². The van der Waals surface area contributed by atoms with E-state index in [2.05, 4.69) is 6.07 Å². The molecule has 1 saturated heterocycles. The Morgan fingerprint density at radius 3 is 2.82 bits per heavy atom. The molecule has 0 N–H and O–H groups in total. The molecule has 0 aromatic heterocycles. The molecule has 17 heavy (non-hydrogen) atoms. The Hall–Kier alpha value is -1.37. The van der Waals surface area contributed by atoms with Gasteiger partial charge in [-0.2, -0.15) is 5.26 Å². The van der Waals surface area contributed by atoms with Crippen molar-refractivity contribution in [1.29, 1.82) is 5.26 Å². The van der Waals surface area contributed by atoms with Crippen LogP contribution in [0.25, 0.3) is 0 Å². The highest BCUT2D eigenvalue weighted by Gasteiger charge is 2.13. The minimum atomic E-state index is 0.529. The van der Waals surface area contributed by atoms with E-state index in [-0.39, 0.29) is 0 Å². The van der Waals surface area contributed by atoms with Gasteiger partial charge in [-0.25, -0.2) is 0 Å². The van der Waals surface area contributed by atoms with Crippen LogP contribution in [0.2, 0.25) is 0 Å². The number of ether oxygens (including phenoxy) is 2. The molecule has 1 fully saturated rings. The Morgan fingerprint density at radius 1 is 1.29 bits per heavy atom. The molecule has 90 valence electrons. The van der Waals surface area contributed by atoms with Crippen LogP contribution in [-0.2, 0) is 16.1 Å². The molecule has 2 rings (SSSR count). The van der Waals surface area contributed by atoms with Gasteiger partial charge in [0, 0.05) is 13.2 Å². The van der Waals surface area contributed by atoms with Gasteiger partial charge in [0.2, 0.25) is 0 Å². The number of rotatable bonds is 4. The molecule has 0 bridgehead atoms. The van der Waals surface area contributed by atoms with Crippen LogP contribution in [0.15, 0.2) is 24.3 Å². The van der Waals surface area contributed by atoms with Crippen molar-refractivity contribution < 1.29 is 9.47 Å². The fourth-order valence-corrected chi connectivity index (χ4v) is 2.00. The third-order valence-electron chi connectivity index (χ3n) is 3.09. The SMILES string of the molecule is N#Cc1ccccc1COCC1CCOCC1. The second kappa shape index (κ2) is 6.39. The first-order valence-corrected chi connectivity index (χ1v) is 6.03. The van der Waals surface area contributed by atoms with E-state index in [4.69, 9.17) is 14.7 Å². The van der Waals surface area contributed by atoms with E-state index in [1.54, 1.807) is 0 Å². The average Bonchev–Trinajstić information content (AvgIpc) is 2.40. The molecule has 0 spiro atoms. The predicted molar refractivity (Wildman–Crippen MR) is 64.4 cm³/mol. The fourth-order valence-electron chi connectivity index (χ4n) is 2.00. The zero-order valence-electron chi connectivity index (χ0n) is 9.89. The van der Waals surface area contributed by atoms with Crippen molar-refractivity contribution in [2.75, 3.05) is 19.8 Å². The third-order valence-corrected chi connectivity index (χ3v) is 3.09. The predicted octanol–water partition coefficient (Wildman–Crippen LogP) is 2.50. The van der Waals surface area contributed by atoms with E-state index in [0.29, 0.717) is 18.1 Å². The smallest absolute Gasteiger partial charge is 0.0995 e. The summed E-state index contributed by atoms with van der Waals surface area (Å²) in [7, 11) is 0. The second-order valence-electron chi connectivity index (χ2n) is 4.34. The van der Waals surface area contributed by atoms with Crippen molar-refractivity contribution in [3.8, 4) is 6.07 Å². The van der Waals surface area contributed by atoms with Crippen LogP contribution in [-0.4, -0.2) is 19.8 Å². The van der Waals surface area contributed by atoms with Gasteiger partial charge in [0.1, 0.15) is 0 Å². The minimum Gasteiger partial charge on any atom is -0.381 e. The Balaban J connectivity index is 1.79. The van der Waals surface area contributed by atoms with Gasteiger partial charge in [0.25, 0.3) is 0 Å². The summed E-state index contributed by atoms with van der Waals surface area (Å²) in [6.07, 6.45) is 2.17. The maximum Gasteiger partial charge on any atom is 0.0995 e. The Morgan fingerprint density at radius 2 is 2.06 bits per heavy atom. The van der Waals surface area contributed by atoms with Gasteiger partial charge in [-0.15, -0.1) is 0 Å². The van der Waals surface area contributed by atoms with E-state index in [1.807, 2.05) is 24.3 Å². The lowest BCUT2D eigenvalue weighted by Gasteiger charge is -2.21. The number of hydrogen-bond acceptors (Lipinski definition) is 3. The summed E-state index contributed by atoms with van der Waals surface area (Å²) in [4.78, 5) is 0. The van der Waals surface area contributed by atoms with Crippen molar-refractivity contribution in [1.82, 2.24) is 0 Å². The van der Waals surface area contributed by atoms with Gasteiger partial charge < -0.3 is 9.47 Å². The Bertz CT molecular complexity index is 391. The van der Waals surface area contributed by atoms with Gasteiger partial charge in [-0.3, -0.25) is 0 Å². The van der Waals surface area contributed by atoms with Crippen LogP contribution in [0.3, 0.4) is 0 Å². The molecule has 1 heterocycles. The van der Waals surface area contributed by atoms with Crippen molar-refractivity contribution >= 4 is 0 Å². The lowest BCUT2D eigenvalue weighted by Crippen LogP contribution is -2.20. The van der Waals surface area contributed by atoms with Gasteiger partial charge in [-0.05, 0) is 30.4 Å². The molecule has 1 aliphatic heterocycles. The second-order valence-corrected chi connectivity index (χ2v) is 4.34. The van der Waals surface area contributed by atoms with Crippen LogP contribution in [0, 0.1) is 17.2 Å². The van der Waals surface area contributed by atoms with Crippen molar-refractivity contribution in [2.24, 2.45) is 5.92 Å². The van der Waals surface area contributed by atoms with E-state index in [1.165, 1.54) is 0 Å². The summed E-state index contributed by atoms with van der Waals surface area (Å²) in [6.45, 7) is 3.00. The molecule has 0 amide bonds. The molecule has 0 saturated carbocycles. The maximum atomic E-state index is 8.94. The summed E-state index contributed by atoms with van der Waals surface area (Å²) in [6, 6.07) is 9.77. The van der Waals surface area contributed by atoms with Crippen molar-refractivity contribution in [3.05, 3.63) is 35.4 Å². The number of nitrogens with zero attached hydrogens (tertiary/aromatic N) is 1. The average molecular weight is 231 g/mol. The zero-order chi connectivity index (χ0) is 11.9. The first kappa shape index (κ1) is 12.1.